The Morgan fingerprint density at radius 2 is 1.54 bits per heavy atom. The van der Waals surface area contributed by atoms with Gasteiger partial charge in [0, 0.05) is 19.5 Å². The normalized spacial score (nSPS) is 10.6. The molecule has 0 bridgehead atoms. The number of hydrogen-bond donors (Lipinski definition) is 1. The first-order valence-electron chi connectivity index (χ1n) is 16.3. The third-order valence-corrected chi connectivity index (χ3v) is 7.82. The minimum atomic E-state index is -0.436. The van der Waals surface area contributed by atoms with Gasteiger partial charge < -0.3 is 14.2 Å². The largest absolute Gasteiger partial charge is 0.489 e. The quantitative estimate of drug-likeness (QED) is 0.0683. The molecule has 0 spiro atoms. The number of nitrogens with zero attached hydrogens (tertiary/aromatic N) is 1. The molecule has 4 rings (SSSR count). The van der Waals surface area contributed by atoms with Crippen LogP contribution in [0.5, 0.6) is 5.75 Å². The van der Waals surface area contributed by atoms with E-state index in [1.54, 1.807) is 31.3 Å². The highest BCUT2D eigenvalue weighted by atomic mass is 35.5. The number of unbranched alkanes of at least 4 members (excludes halogenated alkanes) is 1. The number of carbonyl (C=O) groups excluding carboxylic acids is 2. The smallest absolute Gasteiger partial charge is 0.337 e. The van der Waals surface area contributed by atoms with E-state index < -0.39 is 5.82 Å². The first-order valence-corrected chi connectivity index (χ1v) is 16.7. The van der Waals surface area contributed by atoms with Crippen LogP contribution in [0.15, 0.2) is 91.0 Å². The molecule has 0 unspecified atom stereocenters. The summed E-state index contributed by atoms with van der Waals surface area (Å²) in [6, 6.07) is 28.1. The van der Waals surface area contributed by atoms with Crippen molar-refractivity contribution >= 4 is 23.5 Å². The molecule has 0 aliphatic heterocycles. The average molecular weight is 677 g/mol. The number of benzene rings is 4. The van der Waals surface area contributed by atoms with Crippen molar-refractivity contribution in [1.29, 1.82) is 0 Å². The Bertz CT molecular complexity index is 1560. The number of methoxy groups -OCH3 is 1. The predicted octanol–water partition coefficient (Wildman–Crippen LogP) is 8.47. The van der Waals surface area contributed by atoms with E-state index in [9.17, 15) is 14.0 Å². The molecule has 0 aliphatic carbocycles. The maximum absolute atomic E-state index is 13.6. The van der Waals surface area contributed by atoms with E-state index in [0.717, 1.165) is 65.9 Å². The van der Waals surface area contributed by atoms with Crippen molar-refractivity contribution in [3.05, 3.63) is 124 Å². The minimum Gasteiger partial charge on any atom is -0.489 e. The third-order valence-electron chi connectivity index (χ3n) is 7.54. The molecule has 0 amide bonds. The molecule has 0 aromatic heterocycles. The lowest BCUT2D eigenvalue weighted by molar-refractivity contribution is -0.144. The second-order valence-corrected chi connectivity index (χ2v) is 11.3. The molecule has 4 aromatic carbocycles. The SMILES string of the molecule is CC.CNCOC(=O)CCCCN(CCc1ccccc1OCc1ccc(-c2ccc(F)c(Cl)c2)cc1)Cc1ccc(C(=O)OC)cc1. The maximum atomic E-state index is 13.6. The summed E-state index contributed by atoms with van der Waals surface area (Å²) < 4.78 is 29.8. The van der Waals surface area contributed by atoms with Gasteiger partial charge in [-0.2, -0.15) is 0 Å². The molecule has 0 radical (unpaired) electrons. The standard InChI is InChI=1S/C37H40ClFN2O5.C2H6/c1-40-26-46-36(42)9-5-6-21-41(24-27-10-16-31(17-11-27)37(43)44-2)22-20-30-7-3-4-8-35(30)45-25-28-12-14-29(15-13-28)32-18-19-34(39)33(38)23-32;1-2/h3-4,7-8,10-19,23,40H,5-6,9,20-22,24-26H2,1-2H3;1-2H3. The van der Waals surface area contributed by atoms with Crippen molar-refractivity contribution in [1.82, 2.24) is 10.2 Å². The van der Waals surface area contributed by atoms with Crippen LogP contribution in [-0.2, 0) is 33.8 Å². The van der Waals surface area contributed by atoms with Crippen molar-refractivity contribution in [3.63, 3.8) is 0 Å². The van der Waals surface area contributed by atoms with Crippen LogP contribution in [0.2, 0.25) is 5.02 Å². The van der Waals surface area contributed by atoms with E-state index >= 15 is 0 Å². The van der Waals surface area contributed by atoms with Gasteiger partial charge in [-0.15, -0.1) is 0 Å². The molecule has 0 aliphatic rings. The minimum absolute atomic E-state index is 0.0985. The number of halogens is 2. The molecular formula is C39H46ClFN2O5. The molecule has 0 heterocycles. The molecule has 4 aromatic rings. The summed E-state index contributed by atoms with van der Waals surface area (Å²) in [4.78, 5) is 26.1. The van der Waals surface area contributed by atoms with Crippen molar-refractivity contribution < 1.29 is 28.2 Å². The maximum Gasteiger partial charge on any atom is 0.337 e. The topological polar surface area (TPSA) is 77.1 Å². The van der Waals surface area contributed by atoms with E-state index in [4.69, 9.17) is 25.8 Å². The molecule has 0 fully saturated rings. The van der Waals surface area contributed by atoms with E-state index in [2.05, 4.69) is 16.3 Å². The Morgan fingerprint density at radius 3 is 2.23 bits per heavy atom. The molecule has 0 saturated carbocycles. The first kappa shape index (κ1) is 38.2. The van der Waals surface area contributed by atoms with E-state index in [0.29, 0.717) is 25.1 Å². The Kier molecular flexibility index (Phi) is 16.6. The number of nitrogens with one attached hydrogen (secondary N) is 1. The summed E-state index contributed by atoms with van der Waals surface area (Å²) in [5.74, 6) is -0.181. The van der Waals surface area contributed by atoms with Crippen LogP contribution < -0.4 is 10.1 Å². The van der Waals surface area contributed by atoms with Gasteiger partial charge in [0.15, 0.2) is 0 Å². The number of carbonyl (C=O) groups is 2. The summed E-state index contributed by atoms with van der Waals surface area (Å²) in [5, 5.41) is 2.91. The zero-order valence-electron chi connectivity index (χ0n) is 28.3. The van der Waals surface area contributed by atoms with Gasteiger partial charge in [-0.1, -0.05) is 86.1 Å². The highest BCUT2D eigenvalue weighted by molar-refractivity contribution is 6.31. The van der Waals surface area contributed by atoms with E-state index in [1.165, 1.54) is 13.2 Å². The number of rotatable bonds is 17. The lowest BCUT2D eigenvalue weighted by Crippen LogP contribution is -2.27. The summed E-state index contributed by atoms with van der Waals surface area (Å²) >= 11 is 5.96. The van der Waals surface area contributed by atoms with Gasteiger partial charge in [0.1, 0.15) is 24.9 Å². The molecule has 0 saturated heterocycles. The molecule has 9 heteroatoms. The Labute approximate surface area is 289 Å². The lowest BCUT2D eigenvalue weighted by atomic mass is 10.0. The number of esters is 2. The summed E-state index contributed by atoms with van der Waals surface area (Å²) in [7, 11) is 3.10. The summed E-state index contributed by atoms with van der Waals surface area (Å²) in [6.07, 6.45) is 2.71. The average Bonchev–Trinajstić information content (AvgIpc) is 3.13. The Hall–Kier alpha value is -4.24. The van der Waals surface area contributed by atoms with Gasteiger partial charge in [0.2, 0.25) is 0 Å². The molecule has 256 valence electrons. The van der Waals surface area contributed by atoms with Crippen molar-refractivity contribution in [2.45, 2.75) is 52.7 Å². The summed E-state index contributed by atoms with van der Waals surface area (Å²) in [6.45, 7) is 6.89. The second kappa shape index (κ2) is 20.9. The molecular weight excluding hydrogens is 631 g/mol. The van der Waals surface area contributed by atoms with Crippen LogP contribution >= 0.6 is 11.6 Å². The second-order valence-electron chi connectivity index (χ2n) is 10.9. The monoisotopic (exact) mass is 676 g/mol. The van der Waals surface area contributed by atoms with Crippen LogP contribution in [0.4, 0.5) is 4.39 Å². The van der Waals surface area contributed by atoms with E-state index in [-0.39, 0.29) is 23.7 Å². The molecule has 1 N–H and O–H groups in total. The highest BCUT2D eigenvalue weighted by Gasteiger charge is 2.12. The first-order chi connectivity index (χ1) is 23.4. The van der Waals surface area contributed by atoms with Crippen molar-refractivity contribution in [3.8, 4) is 16.9 Å². The van der Waals surface area contributed by atoms with Crippen molar-refractivity contribution in [2.75, 3.05) is 34.0 Å². The van der Waals surface area contributed by atoms with Crippen LogP contribution in [0.1, 0.15) is 60.2 Å². The van der Waals surface area contributed by atoms with Crippen LogP contribution in [-0.4, -0.2) is 50.8 Å². The molecule has 7 nitrogen and oxygen atoms in total. The van der Waals surface area contributed by atoms with Gasteiger partial charge in [0.25, 0.3) is 0 Å². The number of hydrogen-bond acceptors (Lipinski definition) is 7. The van der Waals surface area contributed by atoms with Crippen molar-refractivity contribution in [2.24, 2.45) is 0 Å². The van der Waals surface area contributed by atoms with Crippen LogP contribution in [0, 0.1) is 5.82 Å². The Balaban J connectivity index is 0.00000307. The summed E-state index contributed by atoms with van der Waals surface area (Å²) in [5.41, 5.74) is 5.50. The third kappa shape index (κ3) is 12.4. The number of para-hydroxylation sites is 1. The zero-order chi connectivity index (χ0) is 34.7. The zero-order valence-corrected chi connectivity index (χ0v) is 29.0. The van der Waals surface area contributed by atoms with E-state index in [1.807, 2.05) is 68.4 Å². The fraction of sp³-hybridized carbons (Fsp3) is 0.333. The van der Waals surface area contributed by atoms with Gasteiger partial charge in [-0.05, 0) is 91.0 Å². The van der Waals surface area contributed by atoms with Crippen LogP contribution in [0.25, 0.3) is 11.1 Å². The predicted molar refractivity (Wildman–Crippen MR) is 190 cm³/mol. The Morgan fingerprint density at radius 1 is 0.854 bits per heavy atom. The van der Waals surface area contributed by atoms with Gasteiger partial charge in [-0.25, -0.2) is 9.18 Å². The van der Waals surface area contributed by atoms with Gasteiger partial charge in [-0.3, -0.25) is 15.0 Å². The highest BCUT2D eigenvalue weighted by Crippen LogP contribution is 2.26. The molecule has 0 atom stereocenters. The lowest BCUT2D eigenvalue weighted by Gasteiger charge is -2.23. The fourth-order valence-electron chi connectivity index (χ4n) is 4.98. The van der Waals surface area contributed by atoms with Gasteiger partial charge in [0.05, 0.1) is 17.7 Å². The molecule has 48 heavy (non-hydrogen) atoms. The number of ether oxygens (including phenoxy) is 3. The fourth-order valence-corrected chi connectivity index (χ4v) is 5.16. The van der Waals surface area contributed by atoms with Crippen LogP contribution in [0.3, 0.4) is 0 Å². The van der Waals surface area contributed by atoms with Gasteiger partial charge >= 0.3 is 11.9 Å².